The number of carbonyl (C=O) groups is 4. The summed E-state index contributed by atoms with van der Waals surface area (Å²) in [4.78, 5) is 78.7. The van der Waals surface area contributed by atoms with Crippen molar-refractivity contribution in [1.29, 1.82) is 0 Å². The van der Waals surface area contributed by atoms with Crippen molar-refractivity contribution < 1.29 is 38.5 Å². The van der Waals surface area contributed by atoms with E-state index in [1.54, 1.807) is 52.9 Å². The first-order chi connectivity index (χ1) is 33.9. The van der Waals surface area contributed by atoms with Gasteiger partial charge in [0, 0.05) is 110 Å². The van der Waals surface area contributed by atoms with Crippen LogP contribution < -0.4 is 25.3 Å². The van der Waals surface area contributed by atoms with Crippen LogP contribution in [0.15, 0.2) is 112 Å². The highest BCUT2D eigenvalue weighted by atomic mass is 16.6. The molecule has 21 nitrogen and oxygen atoms in total. The monoisotopic (exact) mass is 961 g/mol. The number of piperazine rings is 1. The van der Waals surface area contributed by atoms with Gasteiger partial charge in [-0.25, -0.2) is 4.58 Å². The van der Waals surface area contributed by atoms with Gasteiger partial charge in [0.15, 0.2) is 0 Å². The average molecular weight is 962 g/mol. The zero-order valence-electron chi connectivity index (χ0n) is 39.5. The summed E-state index contributed by atoms with van der Waals surface area (Å²) in [5, 5.41) is 53.2. The Balaban J connectivity index is 0.901. The highest BCUT2D eigenvalue weighted by Crippen LogP contribution is 2.42. The molecule has 362 valence electrons. The number of nitro groups is 2. The molecule has 0 atom stereocenters. The number of nitrogens with one attached hydrogen (secondary N) is 1. The summed E-state index contributed by atoms with van der Waals surface area (Å²) in [6.45, 7) is 4.59. The maximum absolute atomic E-state index is 13.5. The number of amides is 3. The first-order valence-electron chi connectivity index (χ1n) is 22.3. The lowest BCUT2D eigenvalue weighted by Crippen LogP contribution is -2.50. The van der Waals surface area contributed by atoms with E-state index >= 15 is 0 Å². The van der Waals surface area contributed by atoms with Gasteiger partial charge < -0.3 is 34.3 Å². The van der Waals surface area contributed by atoms with Crippen LogP contribution in [-0.2, 0) is 6.54 Å². The maximum atomic E-state index is 13.5. The van der Waals surface area contributed by atoms with E-state index in [1.165, 1.54) is 11.0 Å². The lowest BCUT2D eigenvalue weighted by molar-refractivity contribution is -0.394. The van der Waals surface area contributed by atoms with E-state index in [0.29, 0.717) is 61.7 Å². The molecule has 0 unspecified atom stereocenters. The SMILES string of the molecule is Cc1nn(CCNC(=O)c2ccc(-c3c4ccc(=[N+](C)C)cc-4oc4cc(N(C)C)ccc34)c(C(=O)[O-])c2)c(C)c1N=Nc1ccc(C(=O)N2CCN(C(=O)c3cc([N+](=O)[O-])cc([N+](=O)[O-])c3)CC2)cc1. The van der Waals surface area contributed by atoms with Gasteiger partial charge in [0.2, 0.25) is 5.36 Å². The summed E-state index contributed by atoms with van der Waals surface area (Å²) in [5.74, 6) is -2.27. The number of benzene rings is 5. The first kappa shape index (κ1) is 48.3. The molecule has 0 radical (unpaired) electrons. The number of rotatable bonds is 13. The Labute approximate surface area is 405 Å². The molecule has 0 bridgehead atoms. The number of carbonyl (C=O) groups excluding carboxylic acids is 4. The number of carboxylic acid groups (broad SMARTS) is 1. The van der Waals surface area contributed by atoms with Crippen LogP contribution >= 0.6 is 0 Å². The van der Waals surface area contributed by atoms with Gasteiger partial charge in [-0.1, -0.05) is 6.07 Å². The van der Waals surface area contributed by atoms with Crippen molar-refractivity contribution in [2.75, 3.05) is 65.8 Å². The summed E-state index contributed by atoms with van der Waals surface area (Å²) in [5.41, 5.74) is 4.44. The van der Waals surface area contributed by atoms with Crippen LogP contribution in [0.1, 0.15) is 52.8 Å². The minimum Gasteiger partial charge on any atom is -0.545 e. The fourth-order valence-corrected chi connectivity index (χ4v) is 8.40. The van der Waals surface area contributed by atoms with E-state index in [1.807, 2.05) is 81.0 Å². The van der Waals surface area contributed by atoms with Crippen molar-refractivity contribution in [2.24, 2.45) is 10.2 Å². The zero-order valence-corrected chi connectivity index (χ0v) is 39.5. The van der Waals surface area contributed by atoms with Crippen LogP contribution in [0.25, 0.3) is 33.4 Å². The number of fused-ring (bicyclic) bond motifs is 2. The maximum Gasteiger partial charge on any atom is 0.277 e. The van der Waals surface area contributed by atoms with Gasteiger partial charge in [0.05, 0.1) is 57.1 Å². The van der Waals surface area contributed by atoms with Crippen LogP contribution in [0.3, 0.4) is 0 Å². The number of hydrogen-bond donors (Lipinski definition) is 1. The van der Waals surface area contributed by atoms with Crippen LogP contribution in [-0.4, -0.2) is 114 Å². The zero-order chi connectivity index (χ0) is 50.8. The smallest absolute Gasteiger partial charge is 0.277 e. The van der Waals surface area contributed by atoms with E-state index < -0.39 is 39.0 Å². The third-order valence-electron chi connectivity index (χ3n) is 12.3. The van der Waals surface area contributed by atoms with Crippen molar-refractivity contribution in [3.8, 4) is 22.5 Å². The second-order valence-corrected chi connectivity index (χ2v) is 17.3. The van der Waals surface area contributed by atoms with Crippen LogP contribution in [0.4, 0.5) is 28.4 Å². The van der Waals surface area contributed by atoms with Crippen LogP contribution in [0, 0.1) is 34.1 Å². The summed E-state index contributed by atoms with van der Waals surface area (Å²) in [6.07, 6.45) is 0. The Morgan fingerprint density at radius 3 is 1.97 bits per heavy atom. The number of aromatic carboxylic acids is 1. The number of carboxylic acids is 1. The third kappa shape index (κ3) is 10.0. The molecule has 3 heterocycles. The normalized spacial score (nSPS) is 12.6. The summed E-state index contributed by atoms with van der Waals surface area (Å²) < 4.78 is 10.0. The molecule has 2 aliphatic heterocycles. The number of azo groups is 1. The molecule has 1 saturated heterocycles. The van der Waals surface area contributed by atoms with E-state index in [0.717, 1.165) is 29.2 Å². The van der Waals surface area contributed by atoms with E-state index in [9.17, 15) is 44.5 Å². The Morgan fingerprint density at radius 2 is 1.37 bits per heavy atom. The second kappa shape index (κ2) is 19.8. The Morgan fingerprint density at radius 1 is 0.746 bits per heavy atom. The third-order valence-corrected chi connectivity index (χ3v) is 12.3. The number of aryl methyl sites for hydroxylation is 1. The van der Waals surface area contributed by atoms with Gasteiger partial charge >= 0.3 is 0 Å². The van der Waals surface area contributed by atoms with Gasteiger partial charge in [-0.05, 0) is 74.0 Å². The number of nitrogens with zero attached hydrogens (tertiary/aromatic N) is 10. The van der Waals surface area contributed by atoms with Crippen molar-refractivity contribution >= 4 is 63.1 Å². The molecule has 1 fully saturated rings. The summed E-state index contributed by atoms with van der Waals surface area (Å²) >= 11 is 0. The minimum atomic E-state index is -1.44. The molecule has 5 aromatic rings. The lowest BCUT2D eigenvalue weighted by Gasteiger charge is -2.34. The fraction of sp³-hybridized carbons (Fsp3) is 0.240. The molecule has 3 aliphatic rings. The lowest BCUT2D eigenvalue weighted by atomic mass is 9.89. The molecular formula is C50H47N11O10. The molecule has 71 heavy (non-hydrogen) atoms. The van der Waals surface area contributed by atoms with Gasteiger partial charge in [-0.15, -0.1) is 5.11 Å². The largest absolute Gasteiger partial charge is 0.545 e. The minimum absolute atomic E-state index is 0.116. The van der Waals surface area contributed by atoms with E-state index in [4.69, 9.17) is 4.42 Å². The predicted molar refractivity (Wildman–Crippen MR) is 260 cm³/mol. The molecule has 0 spiro atoms. The van der Waals surface area contributed by atoms with Crippen LogP contribution in [0.2, 0.25) is 0 Å². The molecule has 1 aliphatic carbocycles. The summed E-state index contributed by atoms with van der Waals surface area (Å²) in [6, 6.07) is 25.3. The van der Waals surface area contributed by atoms with Crippen molar-refractivity contribution in [1.82, 2.24) is 29.5 Å². The number of non-ortho nitro benzene ring substituents is 2. The molecule has 21 heteroatoms. The van der Waals surface area contributed by atoms with Crippen LogP contribution in [0.5, 0.6) is 0 Å². The average Bonchev–Trinajstić information content (AvgIpc) is 3.63. The summed E-state index contributed by atoms with van der Waals surface area (Å²) in [7, 11) is 7.68. The highest BCUT2D eigenvalue weighted by Gasteiger charge is 2.29. The van der Waals surface area contributed by atoms with Crippen molar-refractivity contribution in [2.45, 2.75) is 20.4 Å². The quantitative estimate of drug-likeness (QED) is 0.0477. The van der Waals surface area contributed by atoms with Gasteiger partial charge in [-0.2, -0.15) is 10.2 Å². The number of anilines is 1. The number of aromatic nitrogens is 2. The van der Waals surface area contributed by atoms with Gasteiger partial charge in [0.1, 0.15) is 31.1 Å². The molecule has 1 N–H and O–H groups in total. The standard InChI is InChI=1S/C50H47N11O10/c1-29-46(53-52-34-10-7-31(8-11-34)48(63)57-19-21-58(22-20-57)49(64)33-23-37(60(67)68)26-38(24-33)61(69)70)30(2)59(54-29)18-17-51-47(62)32-9-14-39(42(25-32)50(65)66)45-40-15-12-35(55(3)4)27-43(40)71-44-28-36(56(5)6)13-16-41(44)45/h7-16,23-28H,17-22H2,1-6H3,(H-,51,62,65,66). The molecule has 4 aromatic carbocycles. The molecular weight excluding hydrogens is 915 g/mol. The van der Waals surface area contributed by atoms with E-state index in [-0.39, 0.29) is 61.9 Å². The topological polar surface area (TPSA) is 258 Å². The van der Waals surface area contributed by atoms with E-state index in [2.05, 4.69) is 20.6 Å². The Kier molecular flexibility index (Phi) is 13.5. The van der Waals surface area contributed by atoms with Gasteiger partial charge in [0.25, 0.3) is 29.1 Å². The molecule has 0 saturated carbocycles. The molecule has 1 aromatic heterocycles. The van der Waals surface area contributed by atoms with Crippen molar-refractivity contribution in [3.05, 3.63) is 156 Å². The van der Waals surface area contributed by atoms with Crippen molar-refractivity contribution in [3.63, 3.8) is 0 Å². The Hall–Kier alpha value is -9.14. The highest BCUT2D eigenvalue weighted by molar-refractivity contribution is 6.09. The Bertz CT molecular complexity index is 3350. The number of nitro benzene ring substituents is 2. The van der Waals surface area contributed by atoms with Gasteiger partial charge in [-0.3, -0.25) is 39.3 Å². The fourth-order valence-electron chi connectivity index (χ4n) is 8.40. The first-order valence-corrected chi connectivity index (χ1v) is 22.3. The number of hydrogen-bond acceptors (Lipinski definition) is 14. The molecule has 3 amide bonds. The second-order valence-electron chi connectivity index (χ2n) is 17.3. The predicted octanol–water partition coefficient (Wildman–Crippen LogP) is 5.74. The molecule has 8 rings (SSSR count).